The molecule has 1 aliphatic heterocycles. The highest BCUT2D eigenvalue weighted by atomic mass is 16.5. The molecule has 0 bridgehead atoms. The van der Waals surface area contributed by atoms with Gasteiger partial charge >= 0.3 is 0 Å². The number of benzene rings is 1. The predicted octanol–water partition coefficient (Wildman–Crippen LogP) is 0.996. The number of ether oxygens (including phenoxy) is 1. The maximum absolute atomic E-state index is 13.2. The minimum atomic E-state index is -0.0778. The first-order valence-electron chi connectivity index (χ1n) is 9.85. The summed E-state index contributed by atoms with van der Waals surface area (Å²) in [4.78, 5) is 28.7. The highest BCUT2D eigenvalue weighted by Gasteiger charge is 2.30. The fourth-order valence-electron chi connectivity index (χ4n) is 3.45. The van der Waals surface area contributed by atoms with Crippen LogP contribution in [0.4, 0.5) is 0 Å². The van der Waals surface area contributed by atoms with Gasteiger partial charge in [-0.15, -0.1) is 0 Å². The lowest BCUT2D eigenvalue weighted by atomic mass is 10.1. The summed E-state index contributed by atoms with van der Waals surface area (Å²) in [6.45, 7) is 2.37. The predicted molar refractivity (Wildman–Crippen MR) is 110 cm³/mol. The van der Waals surface area contributed by atoms with Gasteiger partial charge in [-0.25, -0.2) is 0 Å². The van der Waals surface area contributed by atoms with Gasteiger partial charge < -0.3 is 19.9 Å². The van der Waals surface area contributed by atoms with Gasteiger partial charge in [0, 0.05) is 25.7 Å². The molecule has 0 saturated carbocycles. The Morgan fingerprint density at radius 2 is 2.03 bits per heavy atom. The van der Waals surface area contributed by atoms with Crippen molar-refractivity contribution < 1.29 is 14.3 Å². The van der Waals surface area contributed by atoms with Crippen LogP contribution < -0.4 is 5.32 Å². The van der Waals surface area contributed by atoms with Crippen molar-refractivity contribution in [2.45, 2.75) is 12.5 Å². The second kappa shape index (κ2) is 9.67. The van der Waals surface area contributed by atoms with Crippen LogP contribution in [0.25, 0.3) is 11.3 Å². The Kier molecular flexibility index (Phi) is 7.00. The summed E-state index contributed by atoms with van der Waals surface area (Å²) < 4.78 is 7.22. The van der Waals surface area contributed by atoms with Gasteiger partial charge in [-0.2, -0.15) is 5.10 Å². The second-order valence-electron chi connectivity index (χ2n) is 7.51. The fraction of sp³-hybridized carbons (Fsp3) is 0.476. The van der Waals surface area contributed by atoms with Crippen molar-refractivity contribution in [2.24, 2.45) is 7.05 Å². The van der Waals surface area contributed by atoms with Crippen LogP contribution in [-0.4, -0.2) is 84.4 Å². The average molecular weight is 399 g/mol. The lowest BCUT2D eigenvalue weighted by Gasteiger charge is -2.35. The number of carbonyl (C=O) groups is 2. The topological polar surface area (TPSA) is 79.7 Å². The zero-order valence-corrected chi connectivity index (χ0v) is 17.3. The van der Waals surface area contributed by atoms with Crippen LogP contribution in [0.2, 0.25) is 0 Å². The fourth-order valence-corrected chi connectivity index (χ4v) is 3.45. The molecule has 1 fully saturated rings. The number of hydrogen-bond acceptors (Lipinski definition) is 5. The molecule has 0 spiro atoms. The van der Waals surface area contributed by atoms with E-state index in [1.54, 1.807) is 11.7 Å². The van der Waals surface area contributed by atoms with E-state index in [-0.39, 0.29) is 17.9 Å². The molecule has 0 aliphatic carbocycles. The highest BCUT2D eigenvalue weighted by Crippen LogP contribution is 2.21. The molecular weight excluding hydrogens is 370 g/mol. The lowest BCUT2D eigenvalue weighted by Crippen LogP contribution is -2.50. The van der Waals surface area contributed by atoms with Crippen molar-refractivity contribution >= 4 is 11.8 Å². The van der Waals surface area contributed by atoms with E-state index in [1.165, 1.54) is 0 Å². The first kappa shape index (κ1) is 21.0. The average Bonchev–Trinajstić information content (AvgIpc) is 3.09. The zero-order chi connectivity index (χ0) is 20.8. The minimum Gasteiger partial charge on any atom is -0.377 e. The molecule has 2 amide bonds. The Morgan fingerprint density at radius 1 is 1.28 bits per heavy atom. The molecule has 3 rings (SSSR count). The van der Waals surface area contributed by atoms with Gasteiger partial charge in [0.05, 0.1) is 31.5 Å². The molecule has 2 heterocycles. The number of rotatable bonds is 7. The molecule has 1 aromatic heterocycles. The number of nitrogens with zero attached hydrogens (tertiary/aromatic N) is 4. The Morgan fingerprint density at radius 3 is 2.76 bits per heavy atom. The van der Waals surface area contributed by atoms with E-state index in [2.05, 4.69) is 10.4 Å². The lowest BCUT2D eigenvalue weighted by molar-refractivity contribution is -0.121. The number of amides is 2. The number of carbonyl (C=O) groups excluding carboxylic acids is 2. The summed E-state index contributed by atoms with van der Waals surface area (Å²) in [6, 6.07) is 11.6. The molecule has 1 aliphatic rings. The maximum atomic E-state index is 13.2. The van der Waals surface area contributed by atoms with Gasteiger partial charge in [0.1, 0.15) is 5.69 Å². The van der Waals surface area contributed by atoms with Crippen molar-refractivity contribution in [3.63, 3.8) is 0 Å². The van der Waals surface area contributed by atoms with Crippen molar-refractivity contribution in [2.75, 3.05) is 46.9 Å². The number of nitrogens with one attached hydrogen (secondary N) is 1. The van der Waals surface area contributed by atoms with E-state index in [1.807, 2.05) is 60.3 Å². The van der Waals surface area contributed by atoms with Crippen molar-refractivity contribution in [3.8, 4) is 11.3 Å². The van der Waals surface area contributed by atoms with Crippen molar-refractivity contribution in [3.05, 3.63) is 42.1 Å². The van der Waals surface area contributed by atoms with Gasteiger partial charge in [0.15, 0.2) is 0 Å². The smallest absolute Gasteiger partial charge is 0.272 e. The summed E-state index contributed by atoms with van der Waals surface area (Å²) in [5.41, 5.74) is 2.30. The van der Waals surface area contributed by atoms with Crippen LogP contribution >= 0.6 is 0 Å². The van der Waals surface area contributed by atoms with Crippen molar-refractivity contribution in [1.29, 1.82) is 0 Å². The number of morpholine rings is 1. The summed E-state index contributed by atoms with van der Waals surface area (Å²) in [5.74, 6) is -0.0844. The molecule has 0 radical (unpaired) electrons. The third-order valence-electron chi connectivity index (χ3n) is 4.92. The molecule has 1 atom stereocenters. The normalized spacial score (nSPS) is 16.8. The van der Waals surface area contributed by atoms with Gasteiger partial charge in [0.2, 0.25) is 5.91 Å². The van der Waals surface area contributed by atoms with E-state index in [9.17, 15) is 9.59 Å². The van der Waals surface area contributed by atoms with E-state index >= 15 is 0 Å². The summed E-state index contributed by atoms with van der Waals surface area (Å²) in [6.07, 6.45) is 0.647. The molecule has 8 heteroatoms. The molecule has 1 aromatic carbocycles. The number of aryl methyl sites for hydroxylation is 1. The van der Waals surface area contributed by atoms with Crippen LogP contribution in [0.3, 0.4) is 0 Å². The zero-order valence-electron chi connectivity index (χ0n) is 17.3. The van der Waals surface area contributed by atoms with Gasteiger partial charge in [0.25, 0.3) is 5.91 Å². The molecule has 1 saturated heterocycles. The Bertz CT molecular complexity index is 834. The SMILES string of the molecule is CN(C)CC(=O)NCCC1COCCN1C(=O)c1cc(-c2ccccc2)nn1C. The van der Waals surface area contributed by atoms with Gasteiger partial charge in [-0.1, -0.05) is 30.3 Å². The first-order valence-corrected chi connectivity index (χ1v) is 9.85. The molecule has 8 nitrogen and oxygen atoms in total. The maximum Gasteiger partial charge on any atom is 0.272 e. The minimum absolute atomic E-state index is 0.0243. The molecule has 29 heavy (non-hydrogen) atoms. The third kappa shape index (κ3) is 5.42. The standard InChI is InChI=1S/C21H29N5O3/c1-24(2)14-20(27)22-10-9-17-15-29-12-11-26(17)21(28)19-13-18(23-25(19)3)16-7-5-4-6-8-16/h4-8,13,17H,9-12,14-15H2,1-3H3,(H,22,27). The van der Waals surface area contributed by atoms with Crippen LogP contribution in [0.1, 0.15) is 16.9 Å². The van der Waals surface area contributed by atoms with Gasteiger partial charge in [-0.3, -0.25) is 14.3 Å². The molecule has 2 aromatic rings. The molecular formula is C21H29N5O3. The summed E-state index contributed by atoms with van der Waals surface area (Å²) >= 11 is 0. The Hall–Kier alpha value is -2.71. The van der Waals surface area contributed by atoms with Gasteiger partial charge in [-0.05, 0) is 26.6 Å². The molecule has 1 unspecified atom stereocenters. The van der Waals surface area contributed by atoms with Crippen molar-refractivity contribution in [1.82, 2.24) is 24.9 Å². The van der Waals surface area contributed by atoms with Crippen LogP contribution in [0.15, 0.2) is 36.4 Å². The molecule has 156 valence electrons. The number of likely N-dealkylation sites (N-methyl/N-ethyl adjacent to an activating group) is 1. The summed E-state index contributed by atoms with van der Waals surface area (Å²) in [7, 11) is 5.50. The number of hydrogen-bond donors (Lipinski definition) is 1. The quantitative estimate of drug-likeness (QED) is 0.751. The monoisotopic (exact) mass is 399 g/mol. The van der Waals surface area contributed by atoms with E-state index < -0.39 is 0 Å². The van der Waals surface area contributed by atoms with Crippen LogP contribution in [-0.2, 0) is 16.6 Å². The largest absolute Gasteiger partial charge is 0.377 e. The first-order chi connectivity index (χ1) is 14.0. The number of aromatic nitrogens is 2. The Labute approximate surface area is 171 Å². The van der Waals surface area contributed by atoms with Crippen LogP contribution in [0, 0.1) is 0 Å². The van der Waals surface area contributed by atoms with E-state index in [0.717, 1.165) is 11.3 Å². The van der Waals surface area contributed by atoms with E-state index in [0.29, 0.717) is 45.0 Å². The van der Waals surface area contributed by atoms with E-state index in [4.69, 9.17) is 4.74 Å². The van der Waals surface area contributed by atoms with Crippen LogP contribution in [0.5, 0.6) is 0 Å². The third-order valence-corrected chi connectivity index (χ3v) is 4.92. The Balaban J connectivity index is 1.66. The highest BCUT2D eigenvalue weighted by molar-refractivity contribution is 5.94. The molecule has 1 N–H and O–H groups in total. The summed E-state index contributed by atoms with van der Waals surface area (Å²) in [5, 5.41) is 7.42. The second-order valence-corrected chi connectivity index (χ2v) is 7.51.